The van der Waals surface area contributed by atoms with E-state index in [-0.39, 0.29) is 34.9 Å². The Hall–Kier alpha value is -4.40. The van der Waals surface area contributed by atoms with E-state index in [0.717, 1.165) is 0 Å². The molecule has 8 nitrogen and oxygen atoms in total. The van der Waals surface area contributed by atoms with Gasteiger partial charge in [-0.05, 0) is 55.5 Å². The van der Waals surface area contributed by atoms with E-state index in [4.69, 9.17) is 4.74 Å². The number of nitro groups is 1. The second-order valence-electron chi connectivity index (χ2n) is 6.83. The minimum atomic E-state index is -0.607. The highest BCUT2D eigenvalue weighted by molar-refractivity contribution is 6.11. The summed E-state index contributed by atoms with van der Waals surface area (Å²) >= 11 is 0. The van der Waals surface area contributed by atoms with Crippen LogP contribution in [0.1, 0.15) is 33.3 Å². The van der Waals surface area contributed by atoms with E-state index in [0.29, 0.717) is 16.8 Å². The van der Waals surface area contributed by atoms with E-state index in [1.54, 1.807) is 25.1 Å². The molecule has 4 aromatic rings. The van der Waals surface area contributed by atoms with E-state index in [2.05, 4.69) is 4.98 Å². The number of carbonyl (C=O) groups excluding carboxylic acids is 2. The maximum Gasteiger partial charge on any atom is 0.340 e. The van der Waals surface area contributed by atoms with Crippen molar-refractivity contribution in [3.8, 4) is 11.3 Å². The maximum atomic E-state index is 13.3. The number of benzene rings is 2. The van der Waals surface area contributed by atoms with Gasteiger partial charge in [0.2, 0.25) is 5.78 Å². The summed E-state index contributed by atoms with van der Waals surface area (Å²) in [5, 5.41) is 10.9. The Morgan fingerprint density at radius 2 is 1.78 bits per heavy atom. The Morgan fingerprint density at radius 1 is 1.09 bits per heavy atom. The van der Waals surface area contributed by atoms with Gasteiger partial charge in [0, 0.05) is 23.3 Å². The number of halogens is 1. The highest BCUT2D eigenvalue weighted by Gasteiger charge is 2.22. The molecule has 0 radical (unpaired) electrons. The van der Waals surface area contributed by atoms with Crippen LogP contribution in [-0.2, 0) is 4.74 Å². The van der Waals surface area contributed by atoms with Crippen molar-refractivity contribution in [3.05, 3.63) is 99.7 Å². The number of aromatic nitrogens is 2. The predicted molar refractivity (Wildman–Crippen MR) is 113 cm³/mol. The average molecular weight is 433 g/mol. The molecule has 160 valence electrons. The number of carbonyl (C=O) groups is 2. The standard InChI is InChI=1S/C23H16FN3O5/c1-2-32-23(29)18-11-21(22(28)15-5-9-17(10-6-15)27(30)31)26-13-25-19(12-20(18)26)14-3-7-16(24)8-4-14/h3-13H,2H2,1H3. The molecule has 32 heavy (non-hydrogen) atoms. The van der Waals surface area contributed by atoms with Crippen LogP contribution in [0.2, 0.25) is 0 Å². The van der Waals surface area contributed by atoms with E-state index < -0.39 is 16.7 Å². The largest absolute Gasteiger partial charge is 0.462 e. The van der Waals surface area contributed by atoms with Crippen molar-refractivity contribution in [3.63, 3.8) is 0 Å². The van der Waals surface area contributed by atoms with Gasteiger partial charge >= 0.3 is 5.97 Å². The number of nitro benzene ring substituents is 1. The lowest BCUT2D eigenvalue weighted by atomic mass is 10.1. The summed E-state index contributed by atoms with van der Waals surface area (Å²) in [5.74, 6) is -1.44. The molecule has 4 rings (SSSR count). The first-order chi connectivity index (χ1) is 15.4. The van der Waals surface area contributed by atoms with Gasteiger partial charge < -0.3 is 4.74 Å². The molecule has 0 aliphatic heterocycles. The zero-order valence-electron chi connectivity index (χ0n) is 16.8. The van der Waals surface area contributed by atoms with Gasteiger partial charge in [-0.3, -0.25) is 19.3 Å². The maximum absolute atomic E-state index is 13.3. The zero-order valence-corrected chi connectivity index (χ0v) is 16.8. The second kappa shape index (κ2) is 8.38. The molecule has 0 spiro atoms. The third-order valence-corrected chi connectivity index (χ3v) is 4.87. The van der Waals surface area contributed by atoms with E-state index in [9.17, 15) is 24.1 Å². The number of rotatable bonds is 6. The molecule has 2 heterocycles. The Labute approximate surface area is 181 Å². The first-order valence-corrected chi connectivity index (χ1v) is 9.62. The van der Waals surface area contributed by atoms with Gasteiger partial charge in [0.1, 0.15) is 12.1 Å². The lowest BCUT2D eigenvalue weighted by Crippen LogP contribution is -2.06. The van der Waals surface area contributed by atoms with Crippen LogP contribution in [0.5, 0.6) is 0 Å². The van der Waals surface area contributed by atoms with Crippen LogP contribution in [0.3, 0.4) is 0 Å². The molecule has 0 aliphatic rings. The summed E-state index contributed by atoms with van der Waals surface area (Å²) in [6.07, 6.45) is 1.40. The van der Waals surface area contributed by atoms with Crippen molar-refractivity contribution in [2.24, 2.45) is 0 Å². The molecule has 0 saturated heterocycles. The third-order valence-electron chi connectivity index (χ3n) is 4.87. The highest BCUT2D eigenvalue weighted by Crippen LogP contribution is 2.26. The fourth-order valence-corrected chi connectivity index (χ4v) is 3.31. The quantitative estimate of drug-likeness (QED) is 0.193. The summed E-state index contributed by atoms with van der Waals surface area (Å²) in [7, 11) is 0. The lowest BCUT2D eigenvalue weighted by Gasteiger charge is -2.06. The Bertz CT molecular complexity index is 1340. The number of ketones is 1. The SMILES string of the molecule is CCOC(=O)c1cc(C(=O)c2ccc([N+](=O)[O-])cc2)n2cnc(-c3ccc(F)cc3)cc12. The van der Waals surface area contributed by atoms with Crippen LogP contribution in [0.15, 0.2) is 67.0 Å². The summed E-state index contributed by atoms with van der Waals surface area (Å²) in [6, 6.07) is 13.9. The van der Waals surface area contributed by atoms with Gasteiger partial charge in [0.15, 0.2) is 0 Å². The van der Waals surface area contributed by atoms with Crippen LogP contribution in [0.25, 0.3) is 16.8 Å². The third kappa shape index (κ3) is 3.83. The van der Waals surface area contributed by atoms with Crippen molar-refractivity contribution in [2.75, 3.05) is 6.61 Å². The number of nitrogens with zero attached hydrogens (tertiary/aromatic N) is 3. The molecule has 0 aliphatic carbocycles. The molecule has 0 fully saturated rings. The minimum Gasteiger partial charge on any atom is -0.462 e. The molecular weight excluding hydrogens is 417 g/mol. The molecule has 0 unspecified atom stereocenters. The topological polar surface area (TPSA) is 104 Å². The minimum absolute atomic E-state index is 0.139. The van der Waals surface area contributed by atoms with Crippen molar-refractivity contribution in [2.45, 2.75) is 6.92 Å². The van der Waals surface area contributed by atoms with Gasteiger partial charge in [-0.15, -0.1) is 0 Å². The average Bonchev–Trinajstić information content (AvgIpc) is 3.18. The van der Waals surface area contributed by atoms with Crippen molar-refractivity contribution in [1.29, 1.82) is 0 Å². The van der Waals surface area contributed by atoms with Gasteiger partial charge in [-0.25, -0.2) is 14.2 Å². The van der Waals surface area contributed by atoms with Gasteiger partial charge in [0.25, 0.3) is 5.69 Å². The van der Waals surface area contributed by atoms with Crippen LogP contribution in [0.4, 0.5) is 10.1 Å². The van der Waals surface area contributed by atoms with E-state index in [1.165, 1.54) is 53.2 Å². The highest BCUT2D eigenvalue weighted by atomic mass is 19.1. The Kier molecular flexibility index (Phi) is 5.46. The van der Waals surface area contributed by atoms with Crippen LogP contribution < -0.4 is 0 Å². The number of hydrogen-bond acceptors (Lipinski definition) is 6. The molecule has 0 bridgehead atoms. The molecule has 0 atom stereocenters. The van der Waals surface area contributed by atoms with Crippen LogP contribution in [-0.4, -0.2) is 32.7 Å². The van der Waals surface area contributed by atoms with E-state index in [1.807, 2.05) is 0 Å². The Morgan fingerprint density at radius 3 is 2.41 bits per heavy atom. The van der Waals surface area contributed by atoms with Crippen molar-refractivity contribution in [1.82, 2.24) is 9.38 Å². The number of non-ortho nitro benzene ring substituents is 1. The van der Waals surface area contributed by atoms with Gasteiger partial charge in [-0.1, -0.05) is 0 Å². The summed E-state index contributed by atoms with van der Waals surface area (Å²) in [5.41, 5.74) is 1.90. The first kappa shape index (κ1) is 20.9. The smallest absolute Gasteiger partial charge is 0.340 e. The van der Waals surface area contributed by atoms with Crippen LogP contribution in [0, 0.1) is 15.9 Å². The summed E-state index contributed by atoms with van der Waals surface area (Å²) in [4.78, 5) is 40.3. The number of fused-ring (bicyclic) bond motifs is 1. The normalized spacial score (nSPS) is 10.8. The molecule has 0 amide bonds. The lowest BCUT2D eigenvalue weighted by molar-refractivity contribution is -0.384. The fourth-order valence-electron chi connectivity index (χ4n) is 3.31. The zero-order chi connectivity index (χ0) is 22.8. The molecule has 0 N–H and O–H groups in total. The molecule has 9 heteroatoms. The van der Waals surface area contributed by atoms with Crippen LogP contribution >= 0.6 is 0 Å². The molecular formula is C23H16FN3O5. The first-order valence-electron chi connectivity index (χ1n) is 9.62. The van der Waals surface area contributed by atoms with Crippen molar-refractivity contribution < 1.29 is 23.6 Å². The predicted octanol–water partition coefficient (Wildman–Crippen LogP) is 4.46. The number of esters is 1. The number of ether oxygens (including phenoxy) is 1. The van der Waals surface area contributed by atoms with Gasteiger partial charge in [0.05, 0.1) is 34.0 Å². The summed E-state index contributed by atoms with van der Waals surface area (Å²) < 4.78 is 19.9. The molecule has 2 aromatic heterocycles. The Balaban J connectivity index is 1.83. The van der Waals surface area contributed by atoms with Gasteiger partial charge in [-0.2, -0.15) is 0 Å². The number of hydrogen-bond donors (Lipinski definition) is 0. The fraction of sp³-hybridized carbons (Fsp3) is 0.0870. The van der Waals surface area contributed by atoms with Crippen molar-refractivity contribution >= 4 is 23.0 Å². The molecule has 0 saturated carbocycles. The van der Waals surface area contributed by atoms with E-state index >= 15 is 0 Å². The second-order valence-corrected chi connectivity index (χ2v) is 6.83. The monoisotopic (exact) mass is 433 g/mol. The summed E-state index contributed by atoms with van der Waals surface area (Å²) in [6.45, 7) is 1.82. The molecule has 2 aromatic carbocycles.